The summed E-state index contributed by atoms with van der Waals surface area (Å²) in [4.78, 5) is 29.6. The smallest absolute Gasteiger partial charge is 0.256 e. The van der Waals surface area contributed by atoms with Crippen molar-refractivity contribution in [3.8, 4) is 11.1 Å². The number of rotatable bonds is 5. The van der Waals surface area contributed by atoms with Crippen LogP contribution < -0.4 is 0 Å². The number of carbonyl (C=O) groups is 2. The average molecular weight is 421 g/mol. The van der Waals surface area contributed by atoms with E-state index in [4.69, 9.17) is 4.74 Å². The minimum Gasteiger partial charge on any atom is -0.361 e. The summed E-state index contributed by atoms with van der Waals surface area (Å²) in [5, 5.41) is 0. The van der Waals surface area contributed by atoms with E-state index in [1.807, 2.05) is 4.90 Å². The molecule has 2 aromatic rings. The van der Waals surface area contributed by atoms with E-state index in [-0.39, 0.29) is 17.7 Å². The van der Waals surface area contributed by atoms with Crippen LogP contribution in [-0.2, 0) is 20.7 Å². The summed E-state index contributed by atoms with van der Waals surface area (Å²) in [5.74, 6) is 0.223. The Bertz CT molecular complexity index is 949. The molecule has 1 heterocycles. The summed E-state index contributed by atoms with van der Waals surface area (Å²) in [6.07, 6.45) is 3.50. The van der Waals surface area contributed by atoms with Gasteiger partial charge in [0.15, 0.2) is 5.60 Å². The number of hydrogen-bond donors (Lipinski definition) is 0. The van der Waals surface area contributed by atoms with Gasteiger partial charge >= 0.3 is 0 Å². The Morgan fingerprint density at radius 3 is 2.45 bits per heavy atom. The van der Waals surface area contributed by atoms with Gasteiger partial charge in [-0.3, -0.25) is 9.59 Å². The lowest BCUT2D eigenvalue weighted by Gasteiger charge is -2.44. The van der Waals surface area contributed by atoms with Gasteiger partial charge < -0.3 is 14.5 Å². The Hall–Kier alpha value is -2.66. The molecule has 0 aromatic heterocycles. The molecule has 2 aromatic carbocycles. The molecule has 2 amide bonds. The number of aryl methyl sites for hydroxylation is 1. The van der Waals surface area contributed by atoms with Crippen molar-refractivity contribution >= 4 is 11.8 Å². The van der Waals surface area contributed by atoms with Crippen molar-refractivity contribution in [2.45, 2.75) is 38.2 Å². The minimum atomic E-state index is -1.04. The summed E-state index contributed by atoms with van der Waals surface area (Å²) in [5.41, 5.74) is 3.54. The number of benzene rings is 2. The van der Waals surface area contributed by atoms with Crippen molar-refractivity contribution < 1.29 is 14.3 Å². The molecule has 0 radical (unpaired) electrons. The van der Waals surface area contributed by atoms with E-state index in [2.05, 4.69) is 55.5 Å². The molecule has 1 saturated carbocycles. The van der Waals surface area contributed by atoms with Crippen LogP contribution in [-0.4, -0.2) is 61.0 Å². The molecule has 0 N–H and O–H groups in total. The van der Waals surface area contributed by atoms with E-state index >= 15 is 0 Å². The molecule has 1 atom stereocenters. The van der Waals surface area contributed by atoms with E-state index in [1.165, 1.54) is 11.1 Å². The van der Waals surface area contributed by atoms with Gasteiger partial charge in [-0.1, -0.05) is 60.5 Å². The van der Waals surface area contributed by atoms with Crippen LogP contribution in [0.2, 0.25) is 0 Å². The summed E-state index contributed by atoms with van der Waals surface area (Å²) in [6, 6.07) is 16.7. The normalized spacial score (nSPS) is 21.5. The standard InChI is InChI=1S/C26H32N2O3/c1-19-6-4-9-23(16-19)21-12-10-20(11-13-21)17-26(25(30)27(2)3)18-28(14-15-31-26)24(29)22-7-5-8-22/h4,6,9-13,16,22H,5,7-8,14-15,17-18H2,1-3H3. The Labute approximate surface area is 185 Å². The largest absolute Gasteiger partial charge is 0.361 e. The maximum atomic E-state index is 13.2. The molecule has 5 nitrogen and oxygen atoms in total. The minimum absolute atomic E-state index is 0.0821. The Balaban J connectivity index is 1.56. The second-order valence-electron chi connectivity index (χ2n) is 9.17. The first-order valence-electron chi connectivity index (χ1n) is 11.2. The highest BCUT2D eigenvalue weighted by Crippen LogP contribution is 2.32. The molecule has 0 spiro atoms. The number of carbonyl (C=O) groups excluding carboxylic acids is 2. The van der Waals surface area contributed by atoms with Crippen molar-refractivity contribution in [2.24, 2.45) is 5.92 Å². The summed E-state index contributed by atoms with van der Waals surface area (Å²) in [7, 11) is 3.50. The lowest BCUT2D eigenvalue weighted by atomic mass is 9.83. The summed E-state index contributed by atoms with van der Waals surface area (Å²) in [6.45, 7) is 3.36. The molecule has 0 bridgehead atoms. The molecule has 4 rings (SSSR count). The molecule has 1 aliphatic heterocycles. The predicted octanol–water partition coefficient (Wildman–Crippen LogP) is 3.69. The van der Waals surface area contributed by atoms with E-state index in [9.17, 15) is 9.59 Å². The van der Waals surface area contributed by atoms with E-state index in [1.54, 1.807) is 19.0 Å². The van der Waals surface area contributed by atoms with Crippen LogP contribution in [0.25, 0.3) is 11.1 Å². The number of morpholine rings is 1. The molecule has 31 heavy (non-hydrogen) atoms. The predicted molar refractivity (Wildman–Crippen MR) is 122 cm³/mol. The third-order valence-electron chi connectivity index (χ3n) is 6.54. The van der Waals surface area contributed by atoms with Crippen LogP contribution >= 0.6 is 0 Å². The van der Waals surface area contributed by atoms with E-state index in [0.29, 0.717) is 26.1 Å². The number of amides is 2. The van der Waals surface area contributed by atoms with Crippen LogP contribution in [0.15, 0.2) is 48.5 Å². The topological polar surface area (TPSA) is 49.9 Å². The van der Waals surface area contributed by atoms with E-state index < -0.39 is 5.60 Å². The Morgan fingerprint density at radius 2 is 1.84 bits per heavy atom. The van der Waals surface area contributed by atoms with Crippen LogP contribution in [0, 0.1) is 12.8 Å². The highest BCUT2D eigenvalue weighted by atomic mass is 16.5. The first-order chi connectivity index (χ1) is 14.9. The SMILES string of the molecule is Cc1cccc(-c2ccc(CC3(C(=O)N(C)C)CN(C(=O)C4CCC4)CCO3)cc2)c1. The number of ether oxygens (including phenoxy) is 1. The van der Waals surface area contributed by atoms with Gasteiger partial charge in [0.2, 0.25) is 5.91 Å². The van der Waals surface area contributed by atoms with Gasteiger partial charge in [-0.2, -0.15) is 0 Å². The maximum absolute atomic E-state index is 13.2. The van der Waals surface area contributed by atoms with Gasteiger partial charge in [-0.15, -0.1) is 0 Å². The first kappa shape index (κ1) is 21.6. The third kappa shape index (κ3) is 4.52. The molecule has 164 valence electrons. The van der Waals surface area contributed by atoms with Crippen LogP contribution in [0.1, 0.15) is 30.4 Å². The van der Waals surface area contributed by atoms with Crippen molar-refractivity contribution in [3.05, 3.63) is 59.7 Å². The van der Waals surface area contributed by atoms with Crippen molar-refractivity contribution in [1.29, 1.82) is 0 Å². The fourth-order valence-corrected chi connectivity index (χ4v) is 4.57. The monoisotopic (exact) mass is 420 g/mol. The second kappa shape index (κ2) is 8.83. The number of nitrogens with zero attached hydrogens (tertiary/aromatic N) is 2. The highest BCUT2D eigenvalue weighted by Gasteiger charge is 2.47. The van der Waals surface area contributed by atoms with E-state index in [0.717, 1.165) is 30.4 Å². The molecule has 1 unspecified atom stereocenters. The zero-order chi connectivity index (χ0) is 22.0. The third-order valence-corrected chi connectivity index (χ3v) is 6.54. The quantitative estimate of drug-likeness (QED) is 0.741. The molecule has 1 aliphatic carbocycles. The zero-order valence-electron chi connectivity index (χ0n) is 18.8. The Kier molecular flexibility index (Phi) is 6.15. The van der Waals surface area contributed by atoms with Crippen molar-refractivity contribution in [3.63, 3.8) is 0 Å². The molecular formula is C26H32N2O3. The number of likely N-dealkylation sites (N-methyl/N-ethyl adjacent to an activating group) is 1. The fraction of sp³-hybridized carbons (Fsp3) is 0.462. The van der Waals surface area contributed by atoms with Crippen LogP contribution in [0.5, 0.6) is 0 Å². The summed E-state index contributed by atoms with van der Waals surface area (Å²) < 4.78 is 6.15. The van der Waals surface area contributed by atoms with Gasteiger partial charge in [0.1, 0.15) is 0 Å². The fourth-order valence-electron chi connectivity index (χ4n) is 4.57. The zero-order valence-corrected chi connectivity index (χ0v) is 18.8. The molecule has 1 saturated heterocycles. The van der Waals surface area contributed by atoms with Crippen molar-refractivity contribution in [1.82, 2.24) is 9.80 Å². The molecule has 5 heteroatoms. The average Bonchev–Trinajstić information content (AvgIpc) is 2.72. The van der Waals surface area contributed by atoms with Crippen molar-refractivity contribution in [2.75, 3.05) is 33.8 Å². The van der Waals surface area contributed by atoms with Gasteiger partial charge in [0.25, 0.3) is 5.91 Å². The van der Waals surface area contributed by atoms with Gasteiger partial charge in [-0.25, -0.2) is 0 Å². The summed E-state index contributed by atoms with van der Waals surface area (Å²) >= 11 is 0. The molecular weight excluding hydrogens is 388 g/mol. The van der Waals surface area contributed by atoms with Gasteiger partial charge in [-0.05, 0) is 36.5 Å². The molecule has 2 aliphatic rings. The molecule has 2 fully saturated rings. The number of hydrogen-bond acceptors (Lipinski definition) is 3. The Morgan fingerprint density at radius 1 is 1.10 bits per heavy atom. The first-order valence-corrected chi connectivity index (χ1v) is 11.2. The van der Waals surface area contributed by atoms with Gasteiger partial charge in [0.05, 0.1) is 13.2 Å². The van der Waals surface area contributed by atoms with Crippen LogP contribution in [0.3, 0.4) is 0 Å². The maximum Gasteiger partial charge on any atom is 0.256 e. The second-order valence-corrected chi connectivity index (χ2v) is 9.17. The highest BCUT2D eigenvalue weighted by molar-refractivity contribution is 5.87. The van der Waals surface area contributed by atoms with Crippen LogP contribution in [0.4, 0.5) is 0 Å². The lowest BCUT2D eigenvalue weighted by molar-refractivity contribution is -0.174. The van der Waals surface area contributed by atoms with Gasteiger partial charge in [0, 0.05) is 33.0 Å². The lowest BCUT2D eigenvalue weighted by Crippen LogP contribution is -2.62.